The lowest BCUT2D eigenvalue weighted by Crippen LogP contribution is -2.68. The molecule has 0 unspecified atom stereocenters. The van der Waals surface area contributed by atoms with Crippen molar-refractivity contribution in [2.45, 2.75) is 57.7 Å². The van der Waals surface area contributed by atoms with Crippen molar-refractivity contribution in [3.63, 3.8) is 0 Å². The second kappa shape index (κ2) is 16.9. The molecular formula is C38H47FN4O4Si. The summed E-state index contributed by atoms with van der Waals surface area (Å²) < 4.78 is 22.5. The molecule has 1 fully saturated rings. The fraction of sp³-hybridized carbons (Fsp3) is 0.316. The maximum atomic E-state index is 15.5. The van der Waals surface area contributed by atoms with Crippen molar-refractivity contribution in [3.8, 4) is 5.75 Å². The van der Waals surface area contributed by atoms with Gasteiger partial charge in [0.05, 0.1) is 0 Å². The molecular weight excluding hydrogens is 624 g/mol. The summed E-state index contributed by atoms with van der Waals surface area (Å²) in [6, 6.07) is 34.1. The molecule has 10 heteroatoms. The van der Waals surface area contributed by atoms with Crippen molar-refractivity contribution in [3.05, 3.63) is 120 Å². The molecule has 0 aromatic heterocycles. The van der Waals surface area contributed by atoms with E-state index in [1.807, 2.05) is 42.5 Å². The number of hydrogen-bond acceptors (Lipinski definition) is 5. The van der Waals surface area contributed by atoms with Gasteiger partial charge in [0, 0.05) is 43.0 Å². The monoisotopic (exact) mass is 670 g/mol. The summed E-state index contributed by atoms with van der Waals surface area (Å²) in [6.45, 7) is 8.36. The molecule has 0 spiro atoms. The van der Waals surface area contributed by atoms with E-state index in [2.05, 4.69) is 79.9 Å². The summed E-state index contributed by atoms with van der Waals surface area (Å²) in [5.74, 6) is 0.0894. The van der Waals surface area contributed by atoms with Crippen LogP contribution in [0.4, 0.5) is 14.9 Å². The van der Waals surface area contributed by atoms with E-state index in [0.717, 1.165) is 35.3 Å². The molecule has 5 rings (SSSR count). The first-order chi connectivity index (χ1) is 23.1. The number of nitrogens with zero attached hydrogens (tertiary/aromatic N) is 1. The van der Waals surface area contributed by atoms with Gasteiger partial charge >= 0.3 is 14.3 Å². The van der Waals surface area contributed by atoms with Crippen LogP contribution in [0.25, 0.3) is 0 Å². The third-order valence-corrected chi connectivity index (χ3v) is 13.6. The van der Waals surface area contributed by atoms with Crippen LogP contribution < -0.4 is 31.2 Å². The molecule has 254 valence electrons. The van der Waals surface area contributed by atoms with Crippen molar-refractivity contribution < 1.29 is 23.5 Å². The van der Waals surface area contributed by atoms with Gasteiger partial charge in [0.2, 0.25) is 0 Å². The lowest BCUT2D eigenvalue weighted by atomic mass is 10.0. The van der Waals surface area contributed by atoms with Gasteiger partial charge in [0.15, 0.2) is 0 Å². The van der Waals surface area contributed by atoms with Gasteiger partial charge < -0.3 is 30.8 Å². The fourth-order valence-corrected chi connectivity index (χ4v) is 10.7. The number of carbonyl (C=O) groups excluding carboxylic acids is 1. The topological polar surface area (TPSA) is 117 Å². The molecule has 4 aromatic rings. The number of benzene rings is 4. The summed E-state index contributed by atoms with van der Waals surface area (Å²) >= 11 is 0. The van der Waals surface area contributed by atoms with Crippen LogP contribution in [-0.4, -0.2) is 56.5 Å². The number of nitrogens with one attached hydrogen (secondary N) is 2. The van der Waals surface area contributed by atoms with Gasteiger partial charge in [-0.25, -0.2) is 9.18 Å². The number of carboxylic acid groups (broad SMARTS) is 1. The lowest BCUT2D eigenvalue weighted by molar-refractivity contribution is -0.122. The van der Waals surface area contributed by atoms with Crippen molar-refractivity contribution in [1.82, 2.24) is 10.2 Å². The Hall–Kier alpha value is -4.67. The first-order valence-corrected chi connectivity index (χ1v) is 18.3. The Morgan fingerprint density at radius 2 is 1.52 bits per heavy atom. The van der Waals surface area contributed by atoms with Crippen molar-refractivity contribution in [1.29, 1.82) is 0 Å². The Morgan fingerprint density at radius 3 is 2.02 bits per heavy atom. The Labute approximate surface area is 284 Å². The van der Waals surface area contributed by atoms with Crippen LogP contribution in [0.1, 0.15) is 44.7 Å². The molecule has 5 N–H and O–H groups in total. The van der Waals surface area contributed by atoms with Crippen LogP contribution in [0.2, 0.25) is 5.04 Å². The molecule has 1 aliphatic rings. The Kier molecular flexibility index (Phi) is 12.8. The van der Waals surface area contributed by atoms with E-state index in [4.69, 9.17) is 20.1 Å². The predicted molar refractivity (Wildman–Crippen MR) is 193 cm³/mol. The summed E-state index contributed by atoms with van der Waals surface area (Å²) in [5.41, 5.74) is 8.38. The minimum absolute atomic E-state index is 0.109. The van der Waals surface area contributed by atoms with Crippen LogP contribution >= 0.6 is 0 Å². The molecule has 0 saturated carbocycles. The maximum Gasteiger partial charge on any atom is 0.319 e. The Balaban J connectivity index is 0.00000167. The van der Waals surface area contributed by atoms with E-state index in [-0.39, 0.29) is 24.1 Å². The van der Waals surface area contributed by atoms with Crippen LogP contribution in [0.5, 0.6) is 5.75 Å². The standard InChI is InChI=1S/C37H45FN4O2Si.CH2O2/c1-37(2,3)45(33-10-6-4-7-11-33,34-12-8-5-9-13-34)44-32-19-16-29(35(38)26-32)27-40-36(43)42-24-21-31(22-25-42)41-30-17-14-28(15-18-30)20-23-39;2-1-3/h4-19,26,31,41H,20-25,27,39H2,1-3H3,(H,40,43);1H,(H,2,3). The van der Waals surface area contributed by atoms with Gasteiger partial charge in [-0.15, -0.1) is 0 Å². The molecule has 48 heavy (non-hydrogen) atoms. The average molecular weight is 671 g/mol. The number of anilines is 1. The van der Waals surface area contributed by atoms with E-state index in [0.29, 0.717) is 37.0 Å². The second-order valence-electron chi connectivity index (χ2n) is 12.9. The zero-order valence-corrected chi connectivity index (χ0v) is 29.0. The van der Waals surface area contributed by atoms with Crippen LogP contribution in [-0.2, 0) is 17.8 Å². The van der Waals surface area contributed by atoms with E-state index in [1.54, 1.807) is 11.0 Å². The predicted octanol–water partition coefficient (Wildman–Crippen LogP) is 5.75. The largest absolute Gasteiger partial charge is 0.534 e. The van der Waals surface area contributed by atoms with Crippen molar-refractivity contribution in [2.24, 2.45) is 5.73 Å². The molecule has 1 saturated heterocycles. The molecule has 0 aliphatic carbocycles. The summed E-state index contributed by atoms with van der Waals surface area (Å²) in [4.78, 5) is 23.1. The minimum atomic E-state index is -2.88. The number of rotatable bonds is 10. The number of carbonyl (C=O) groups is 2. The fourth-order valence-electron chi connectivity index (χ4n) is 6.24. The highest BCUT2D eigenvalue weighted by molar-refractivity contribution is 7.00. The average Bonchev–Trinajstić information content (AvgIpc) is 3.08. The van der Waals surface area contributed by atoms with Crippen LogP contribution in [0, 0.1) is 5.82 Å². The number of nitrogens with two attached hydrogens (primary N) is 1. The van der Waals surface area contributed by atoms with Gasteiger partial charge in [-0.1, -0.05) is 99.6 Å². The lowest BCUT2D eigenvalue weighted by Gasteiger charge is -2.43. The molecule has 1 heterocycles. The number of halogens is 1. The third-order valence-electron chi connectivity index (χ3n) is 8.68. The summed E-state index contributed by atoms with van der Waals surface area (Å²) in [7, 11) is -2.88. The van der Waals surface area contributed by atoms with Crippen LogP contribution in [0.3, 0.4) is 0 Å². The summed E-state index contributed by atoms with van der Waals surface area (Å²) in [5, 5.41) is 15.4. The molecule has 1 aliphatic heterocycles. The third kappa shape index (κ3) is 9.02. The van der Waals surface area contributed by atoms with Crippen molar-refractivity contribution >= 4 is 36.9 Å². The molecule has 0 radical (unpaired) electrons. The summed E-state index contributed by atoms with van der Waals surface area (Å²) in [6.07, 6.45) is 2.57. The van der Waals surface area contributed by atoms with Crippen molar-refractivity contribution in [2.75, 3.05) is 25.0 Å². The Bertz CT molecular complexity index is 1550. The van der Waals surface area contributed by atoms with Gasteiger partial charge in [0.1, 0.15) is 11.6 Å². The minimum Gasteiger partial charge on any atom is -0.534 e. The smallest absolute Gasteiger partial charge is 0.319 e. The molecule has 4 aromatic carbocycles. The number of hydrogen-bond donors (Lipinski definition) is 4. The van der Waals surface area contributed by atoms with E-state index in [1.165, 1.54) is 11.6 Å². The zero-order valence-electron chi connectivity index (χ0n) is 28.0. The van der Waals surface area contributed by atoms with Gasteiger partial charge in [0.25, 0.3) is 6.47 Å². The molecule has 0 atom stereocenters. The van der Waals surface area contributed by atoms with E-state index >= 15 is 4.39 Å². The molecule has 8 nitrogen and oxygen atoms in total. The number of urea groups is 1. The Morgan fingerprint density at radius 1 is 0.958 bits per heavy atom. The van der Waals surface area contributed by atoms with E-state index < -0.39 is 14.1 Å². The zero-order chi connectivity index (χ0) is 34.6. The molecule has 2 amide bonds. The quantitative estimate of drug-likeness (QED) is 0.126. The first kappa shape index (κ1) is 36.2. The van der Waals surface area contributed by atoms with Gasteiger partial charge in [-0.05, 0) is 65.0 Å². The maximum absolute atomic E-state index is 15.5. The number of likely N-dealkylation sites (tertiary alicyclic amines) is 1. The highest BCUT2D eigenvalue weighted by Crippen LogP contribution is 2.37. The van der Waals surface area contributed by atoms with Gasteiger partial charge in [-0.3, -0.25) is 4.79 Å². The number of amides is 2. The molecule has 0 bridgehead atoms. The normalized spacial score (nSPS) is 13.6. The van der Waals surface area contributed by atoms with E-state index in [9.17, 15) is 4.79 Å². The number of piperidine rings is 1. The SMILES string of the molecule is CC(C)(C)[Si](Oc1ccc(CNC(=O)N2CCC(Nc3ccc(CCN)cc3)CC2)c(F)c1)(c1ccccc1)c1ccccc1.O=CO. The highest BCUT2D eigenvalue weighted by atomic mass is 28.4. The highest BCUT2D eigenvalue weighted by Gasteiger charge is 2.52. The second-order valence-corrected chi connectivity index (χ2v) is 17.1. The van der Waals surface area contributed by atoms with Crippen LogP contribution in [0.15, 0.2) is 103 Å². The van der Waals surface area contributed by atoms with Gasteiger partial charge in [-0.2, -0.15) is 0 Å². The first-order valence-electron chi connectivity index (χ1n) is 16.4.